The highest BCUT2D eigenvalue weighted by Gasteiger charge is 2.32. The van der Waals surface area contributed by atoms with Crippen LogP contribution in [0.25, 0.3) is 0 Å². The molecule has 1 aliphatic heterocycles. The Morgan fingerprint density at radius 3 is 2.75 bits per heavy atom. The van der Waals surface area contributed by atoms with E-state index in [0.717, 1.165) is 12.0 Å². The van der Waals surface area contributed by atoms with Crippen molar-refractivity contribution in [1.82, 2.24) is 19.9 Å². The molecule has 0 spiro atoms. The van der Waals surface area contributed by atoms with Crippen LogP contribution in [0.3, 0.4) is 0 Å². The average molecular weight is 291 g/mol. The van der Waals surface area contributed by atoms with Gasteiger partial charge in [-0.25, -0.2) is 0 Å². The smallest absolute Gasteiger partial charge is 0.223 e. The van der Waals surface area contributed by atoms with Crippen molar-refractivity contribution in [3.05, 3.63) is 47.2 Å². The summed E-state index contributed by atoms with van der Waals surface area (Å²) in [5.74, 6) is 0.174. The number of rotatable bonds is 4. The molecule has 0 bridgehead atoms. The molecule has 1 aliphatic rings. The Balaban J connectivity index is 1.47. The predicted molar refractivity (Wildman–Crippen MR) is 75.4 cm³/mol. The summed E-state index contributed by atoms with van der Waals surface area (Å²) < 4.78 is 0. The normalized spacial score (nSPS) is 15.2. The van der Waals surface area contributed by atoms with E-state index in [9.17, 15) is 4.79 Å². The van der Waals surface area contributed by atoms with Gasteiger partial charge in [0, 0.05) is 24.5 Å². The third-order valence-electron chi connectivity index (χ3n) is 3.49. The van der Waals surface area contributed by atoms with Gasteiger partial charge >= 0.3 is 0 Å². The Morgan fingerprint density at radius 1 is 1.30 bits per heavy atom. The highest BCUT2D eigenvalue weighted by Crippen LogP contribution is 2.20. The molecule has 2 heterocycles. The van der Waals surface area contributed by atoms with Gasteiger partial charge in [0.05, 0.1) is 12.4 Å². The van der Waals surface area contributed by atoms with E-state index < -0.39 is 0 Å². The molecule has 0 radical (unpaired) electrons. The summed E-state index contributed by atoms with van der Waals surface area (Å²) in [6.07, 6.45) is 4.55. The van der Waals surface area contributed by atoms with Gasteiger partial charge in [-0.05, 0) is 24.1 Å². The summed E-state index contributed by atoms with van der Waals surface area (Å²) in [7, 11) is 0. The van der Waals surface area contributed by atoms with E-state index in [2.05, 4.69) is 10.2 Å². The Bertz CT molecular complexity index is 593. The molecular formula is C14H15ClN4O. The van der Waals surface area contributed by atoms with Crippen molar-refractivity contribution < 1.29 is 4.79 Å². The summed E-state index contributed by atoms with van der Waals surface area (Å²) >= 11 is 5.93. The highest BCUT2D eigenvalue weighted by molar-refractivity contribution is 6.30. The number of hydrogen-bond acceptors (Lipinski definition) is 3. The predicted octanol–water partition coefficient (Wildman–Crippen LogP) is 1.95. The molecule has 6 heteroatoms. The van der Waals surface area contributed by atoms with Gasteiger partial charge in [-0.2, -0.15) is 15.0 Å². The molecule has 3 rings (SSSR count). The van der Waals surface area contributed by atoms with E-state index in [0.29, 0.717) is 24.5 Å². The van der Waals surface area contributed by atoms with Crippen LogP contribution in [0.1, 0.15) is 18.0 Å². The van der Waals surface area contributed by atoms with Crippen LogP contribution in [-0.4, -0.2) is 38.9 Å². The monoisotopic (exact) mass is 290 g/mol. The van der Waals surface area contributed by atoms with Crippen molar-refractivity contribution in [2.24, 2.45) is 0 Å². The second-order valence-electron chi connectivity index (χ2n) is 4.93. The van der Waals surface area contributed by atoms with Gasteiger partial charge < -0.3 is 4.90 Å². The molecule has 0 unspecified atom stereocenters. The van der Waals surface area contributed by atoms with Crippen molar-refractivity contribution in [3.63, 3.8) is 0 Å². The molecule has 0 N–H and O–H groups in total. The third-order valence-corrected chi connectivity index (χ3v) is 3.73. The van der Waals surface area contributed by atoms with Crippen LogP contribution in [0.2, 0.25) is 5.02 Å². The van der Waals surface area contributed by atoms with Gasteiger partial charge in [0.1, 0.15) is 6.04 Å². The van der Waals surface area contributed by atoms with E-state index in [4.69, 9.17) is 11.6 Å². The van der Waals surface area contributed by atoms with Crippen LogP contribution in [0, 0.1) is 0 Å². The Hall–Kier alpha value is -1.88. The van der Waals surface area contributed by atoms with Crippen LogP contribution in [0.4, 0.5) is 0 Å². The zero-order valence-corrected chi connectivity index (χ0v) is 11.7. The topological polar surface area (TPSA) is 51.0 Å². The van der Waals surface area contributed by atoms with Crippen molar-refractivity contribution in [2.45, 2.75) is 18.9 Å². The van der Waals surface area contributed by atoms with E-state index in [1.807, 2.05) is 29.2 Å². The van der Waals surface area contributed by atoms with Crippen LogP contribution < -0.4 is 0 Å². The summed E-state index contributed by atoms with van der Waals surface area (Å²) in [5.41, 5.74) is 1.09. The van der Waals surface area contributed by atoms with Gasteiger partial charge in [0.15, 0.2) is 0 Å². The van der Waals surface area contributed by atoms with Crippen LogP contribution in [-0.2, 0) is 11.2 Å². The molecule has 1 aromatic carbocycles. The second kappa shape index (κ2) is 5.63. The Morgan fingerprint density at radius 2 is 2.05 bits per heavy atom. The lowest BCUT2D eigenvalue weighted by Crippen LogP contribution is -2.51. The quantitative estimate of drug-likeness (QED) is 0.865. The first-order chi connectivity index (χ1) is 9.72. The van der Waals surface area contributed by atoms with Crippen LogP contribution in [0.15, 0.2) is 36.7 Å². The second-order valence-corrected chi connectivity index (χ2v) is 5.37. The zero-order chi connectivity index (χ0) is 13.9. The fourth-order valence-corrected chi connectivity index (χ4v) is 2.53. The number of aryl methyl sites for hydroxylation is 1. The maximum absolute atomic E-state index is 12.0. The van der Waals surface area contributed by atoms with Crippen molar-refractivity contribution in [1.29, 1.82) is 0 Å². The minimum Gasteiger partial charge on any atom is -0.338 e. The van der Waals surface area contributed by atoms with Gasteiger partial charge in [0.25, 0.3) is 0 Å². The first-order valence-corrected chi connectivity index (χ1v) is 6.98. The molecule has 2 aromatic rings. The van der Waals surface area contributed by atoms with Crippen molar-refractivity contribution in [2.75, 3.05) is 13.1 Å². The molecule has 1 fully saturated rings. The number of carbonyl (C=O) groups excluding carboxylic acids is 1. The Kier molecular flexibility index (Phi) is 3.69. The summed E-state index contributed by atoms with van der Waals surface area (Å²) in [6, 6.07) is 7.86. The highest BCUT2D eigenvalue weighted by atomic mass is 35.5. The van der Waals surface area contributed by atoms with E-state index in [1.54, 1.807) is 17.2 Å². The maximum atomic E-state index is 12.0. The lowest BCUT2D eigenvalue weighted by Gasteiger charge is -2.38. The molecular weight excluding hydrogens is 276 g/mol. The molecule has 0 atom stereocenters. The first kappa shape index (κ1) is 13.1. The average Bonchev–Trinajstić information content (AvgIpc) is 2.88. The van der Waals surface area contributed by atoms with Gasteiger partial charge in [-0.3, -0.25) is 4.79 Å². The van der Waals surface area contributed by atoms with Crippen LogP contribution >= 0.6 is 11.6 Å². The first-order valence-electron chi connectivity index (χ1n) is 6.60. The zero-order valence-electron chi connectivity index (χ0n) is 10.9. The number of hydrogen-bond donors (Lipinski definition) is 0. The van der Waals surface area contributed by atoms with E-state index >= 15 is 0 Å². The molecule has 1 aromatic heterocycles. The molecule has 0 aliphatic carbocycles. The van der Waals surface area contributed by atoms with Gasteiger partial charge in [0.2, 0.25) is 5.91 Å². The molecule has 1 saturated heterocycles. The molecule has 5 nitrogen and oxygen atoms in total. The number of aromatic nitrogens is 3. The number of halogens is 1. The lowest BCUT2D eigenvalue weighted by atomic mass is 10.1. The summed E-state index contributed by atoms with van der Waals surface area (Å²) in [6.45, 7) is 1.39. The maximum Gasteiger partial charge on any atom is 0.223 e. The number of carbonyl (C=O) groups is 1. The molecule has 20 heavy (non-hydrogen) atoms. The SMILES string of the molecule is O=C(CCc1cccc(Cl)c1)N1CC(n2nccn2)C1. The number of nitrogens with zero attached hydrogens (tertiary/aromatic N) is 4. The summed E-state index contributed by atoms with van der Waals surface area (Å²) in [4.78, 5) is 15.6. The van der Waals surface area contributed by atoms with Gasteiger partial charge in [-0.1, -0.05) is 23.7 Å². The van der Waals surface area contributed by atoms with Crippen LogP contribution in [0.5, 0.6) is 0 Å². The number of likely N-dealkylation sites (tertiary alicyclic amines) is 1. The Labute approximate surface area is 122 Å². The molecule has 0 saturated carbocycles. The standard InChI is InChI=1S/C14H15ClN4O/c15-12-3-1-2-11(8-12)4-5-14(20)18-9-13(10-18)19-16-6-7-17-19/h1-3,6-8,13H,4-5,9-10H2. The molecule has 104 valence electrons. The number of amides is 1. The molecule has 1 amide bonds. The lowest BCUT2D eigenvalue weighted by molar-refractivity contribution is -0.137. The fraction of sp³-hybridized carbons (Fsp3) is 0.357. The van der Waals surface area contributed by atoms with E-state index in [-0.39, 0.29) is 11.9 Å². The van der Waals surface area contributed by atoms with Crippen molar-refractivity contribution in [3.8, 4) is 0 Å². The fourth-order valence-electron chi connectivity index (χ4n) is 2.32. The summed E-state index contributed by atoms with van der Waals surface area (Å²) in [5, 5.41) is 8.89. The largest absolute Gasteiger partial charge is 0.338 e. The number of benzene rings is 1. The van der Waals surface area contributed by atoms with Crippen molar-refractivity contribution >= 4 is 17.5 Å². The minimum absolute atomic E-state index is 0.174. The minimum atomic E-state index is 0.174. The third kappa shape index (κ3) is 2.82. The van der Waals surface area contributed by atoms with Gasteiger partial charge in [-0.15, -0.1) is 0 Å². The van der Waals surface area contributed by atoms with E-state index in [1.165, 1.54) is 0 Å².